The van der Waals surface area contributed by atoms with Crippen LogP contribution < -0.4 is 5.56 Å². The average Bonchev–Trinajstić information content (AvgIpc) is 2.66. The lowest BCUT2D eigenvalue weighted by atomic mass is 10.0. The Morgan fingerprint density at radius 1 is 1.07 bits per heavy atom. The molecule has 2 aromatic heterocycles. The van der Waals surface area contributed by atoms with Crippen LogP contribution in [0.5, 0.6) is 17.2 Å². The van der Waals surface area contributed by atoms with Gasteiger partial charge in [0.05, 0.1) is 11.3 Å². The van der Waals surface area contributed by atoms with Crippen molar-refractivity contribution in [2.75, 3.05) is 6.54 Å². The van der Waals surface area contributed by atoms with E-state index in [1.54, 1.807) is 12.4 Å². The summed E-state index contributed by atoms with van der Waals surface area (Å²) in [5, 5.41) is 29.1. The van der Waals surface area contributed by atoms with Gasteiger partial charge in [0.25, 0.3) is 5.56 Å². The normalized spacial score (nSPS) is 14.1. The molecule has 3 heterocycles. The van der Waals surface area contributed by atoms with Crippen LogP contribution in [-0.2, 0) is 19.5 Å². The Morgan fingerprint density at radius 2 is 1.81 bits per heavy atom. The van der Waals surface area contributed by atoms with Gasteiger partial charge in [0, 0.05) is 49.2 Å². The number of rotatable bonds is 3. The van der Waals surface area contributed by atoms with Gasteiger partial charge >= 0.3 is 0 Å². The minimum atomic E-state index is -0.372. The molecule has 0 saturated heterocycles. The second kappa shape index (κ2) is 6.69. The minimum absolute atomic E-state index is 0.0999. The lowest BCUT2D eigenvalue weighted by molar-refractivity contribution is 0.237. The number of aromatic amines is 1. The Morgan fingerprint density at radius 3 is 2.59 bits per heavy atom. The number of H-pyrrole nitrogens is 1. The van der Waals surface area contributed by atoms with Crippen molar-refractivity contribution < 1.29 is 15.3 Å². The number of nitrogens with zero attached hydrogens (tertiary/aromatic N) is 4. The number of phenolic OH excluding ortho intramolecular Hbond substituents is 3. The second-order valence-corrected chi connectivity index (χ2v) is 6.40. The van der Waals surface area contributed by atoms with Gasteiger partial charge in [-0.1, -0.05) is 0 Å². The van der Waals surface area contributed by atoms with E-state index in [-0.39, 0.29) is 22.8 Å². The molecule has 138 valence electrons. The first-order valence-electron chi connectivity index (χ1n) is 8.35. The topological polar surface area (TPSA) is 135 Å². The lowest BCUT2D eigenvalue weighted by Crippen LogP contribution is -2.35. The molecule has 9 heteroatoms. The van der Waals surface area contributed by atoms with Crippen molar-refractivity contribution in [2.45, 2.75) is 19.5 Å². The first-order chi connectivity index (χ1) is 13.0. The lowest BCUT2D eigenvalue weighted by Gasteiger charge is -2.28. The number of phenols is 3. The van der Waals surface area contributed by atoms with Crippen LogP contribution in [0.2, 0.25) is 0 Å². The number of fused-ring (bicyclic) bond motifs is 1. The summed E-state index contributed by atoms with van der Waals surface area (Å²) in [6.07, 6.45) is 5.08. The van der Waals surface area contributed by atoms with Crippen LogP contribution in [0.1, 0.15) is 16.8 Å². The fraction of sp³-hybridized carbons (Fsp3) is 0.222. The van der Waals surface area contributed by atoms with Gasteiger partial charge in [0.1, 0.15) is 17.9 Å². The van der Waals surface area contributed by atoms with Crippen molar-refractivity contribution in [2.24, 2.45) is 0 Å². The van der Waals surface area contributed by atoms with E-state index < -0.39 is 0 Å². The number of aromatic hydroxyl groups is 3. The van der Waals surface area contributed by atoms with E-state index in [1.807, 2.05) is 4.90 Å². The van der Waals surface area contributed by atoms with Crippen LogP contribution in [-0.4, -0.2) is 46.7 Å². The maximum atomic E-state index is 12.4. The molecular formula is C18H17N5O4. The molecule has 1 aromatic carbocycles. The molecule has 1 aliphatic rings. The predicted octanol–water partition coefficient (Wildman–Crippen LogP) is 0.902. The van der Waals surface area contributed by atoms with Crippen molar-refractivity contribution in [3.63, 3.8) is 0 Å². The summed E-state index contributed by atoms with van der Waals surface area (Å²) < 4.78 is 0. The molecule has 0 unspecified atom stereocenters. The van der Waals surface area contributed by atoms with E-state index in [9.17, 15) is 20.1 Å². The molecule has 0 saturated carbocycles. The number of aromatic nitrogens is 4. The van der Waals surface area contributed by atoms with E-state index in [1.165, 1.54) is 12.4 Å². The molecule has 1 aliphatic heterocycles. The first kappa shape index (κ1) is 17.0. The van der Waals surface area contributed by atoms with Gasteiger partial charge in [-0.05, 0) is 12.5 Å². The molecule has 0 spiro atoms. The number of benzene rings is 1. The molecule has 4 rings (SSSR count). The summed E-state index contributed by atoms with van der Waals surface area (Å²) in [5.41, 5.74) is 2.23. The highest BCUT2D eigenvalue weighted by molar-refractivity contribution is 5.52. The summed E-state index contributed by atoms with van der Waals surface area (Å²) in [6, 6.07) is 2.44. The maximum absolute atomic E-state index is 12.4. The van der Waals surface area contributed by atoms with Crippen LogP contribution >= 0.6 is 0 Å². The molecule has 0 radical (unpaired) electrons. The number of hydrogen-bond acceptors (Lipinski definition) is 8. The molecule has 0 bridgehead atoms. The van der Waals surface area contributed by atoms with E-state index in [4.69, 9.17) is 0 Å². The van der Waals surface area contributed by atoms with Crippen molar-refractivity contribution in [3.05, 3.63) is 58.0 Å². The smallest absolute Gasteiger partial charge is 0.254 e. The Kier molecular flexibility index (Phi) is 4.21. The Bertz CT molecular complexity index is 1050. The van der Waals surface area contributed by atoms with Gasteiger partial charge in [0.15, 0.2) is 11.5 Å². The summed E-state index contributed by atoms with van der Waals surface area (Å²) in [7, 11) is 0. The van der Waals surface area contributed by atoms with Crippen molar-refractivity contribution in [1.29, 1.82) is 0 Å². The molecule has 0 atom stereocenters. The Hall–Kier alpha value is -3.46. The highest BCUT2D eigenvalue weighted by Gasteiger charge is 2.22. The summed E-state index contributed by atoms with van der Waals surface area (Å²) in [6.45, 7) is 1.37. The third-order valence-corrected chi connectivity index (χ3v) is 4.56. The molecule has 0 fully saturated rings. The standard InChI is InChI=1S/C18H17N5O4/c24-14-4-16(26)15(25)3-10(14)7-23-2-1-12-13(8-23)21-17(22-18(12)27)11-5-19-9-20-6-11/h3-6,9,24-26H,1-2,7-8H2,(H,21,22,27). The van der Waals surface area contributed by atoms with Crippen LogP contribution in [0.15, 0.2) is 35.6 Å². The van der Waals surface area contributed by atoms with Crippen LogP contribution in [0.25, 0.3) is 11.4 Å². The fourth-order valence-corrected chi connectivity index (χ4v) is 3.16. The van der Waals surface area contributed by atoms with Crippen molar-refractivity contribution >= 4 is 0 Å². The highest BCUT2D eigenvalue weighted by Crippen LogP contribution is 2.33. The quantitative estimate of drug-likeness (QED) is 0.396. The second-order valence-electron chi connectivity index (χ2n) is 6.40. The molecule has 27 heavy (non-hydrogen) atoms. The zero-order chi connectivity index (χ0) is 19.0. The zero-order valence-electron chi connectivity index (χ0n) is 14.3. The Labute approximate surface area is 153 Å². The highest BCUT2D eigenvalue weighted by atomic mass is 16.3. The molecule has 0 amide bonds. The van der Waals surface area contributed by atoms with Gasteiger partial charge in [-0.3, -0.25) is 9.69 Å². The maximum Gasteiger partial charge on any atom is 0.254 e. The largest absolute Gasteiger partial charge is 0.507 e. The summed E-state index contributed by atoms with van der Waals surface area (Å²) >= 11 is 0. The van der Waals surface area contributed by atoms with E-state index in [0.29, 0.717) is 54.3 Å². The van der Waals surface area contributed by atoms with E-state index >= 15 is 0 Å². The van der Waals surface area contributed by atoms with E-state index in [0.717, 1.165) is 6.07 Å². The molecule has 0 aliphatic carbocycles. The van der Waals surface area contributed by atoms with Crippen LogP contribution in [0, 0.1) is 0 Å². The fourth-order valence-electron chi connectivity index (χ4n) is 3.16. The SMILES string of the molecule is O=c1[nH]c(-c2cncnc2)nc2c1CCN(Cc1cc(O)c(O)cc1O)C2. The number of nitrogens with one attached hydrogen (secondary N) is 1. The third kappa shape index (κ3) is 3.32. The van der Waals surface area contributed by atoms with Crippen LogP contribution in [0.4, 0.5) is 0 Å². The van der Waals surface area contributed by atoms with Gasteiger partial charge in [-0.25, -0.2) is 15.0 Å². The van der Waals surface area contributed by atoms with Gasteiger partial charge < -0.3 is 20.3 Å². The van der Waals surface area contributed by atoms with E-state index in [2.05, 4.69) is 19.9 Å². The minimum Gasteiger partial charge on any atom is -0.507 e. The third-order valence-electron chi connectivity index (χ3n) is 4.56. The number of hydrogen-bond donors (Lipinski definition) is 4. The van der Waals surface area contributed by atoms with Gasteiger partial charge in [-0.2, -0.15) is 0 Å². The predicted molar refractivity (Wildman–Crippen MR) is 95.1 cm³/mol. The van der Waals surface area contributed by atoms with Crippen LogP contribution in [0.3, 0.4) is 0 Å². The molecule has 4 N–H and O–H groups in total. The molecule has 9 nitrogen and oxygen atoms in total. The van der Waals surface area contributed by atoms with Crippen molar-refractivity contribution in [3.8, 4) is 28.6 Å². The molecular weight excluding hydrogens is 350 g/mol. The monoisotopic (exact) mass is 367 g/mol. The zero-order valence-corrected chi connectivity index (χ0v) is 14.3. The summed E-state index contributed by atoms with van der Waals surface area (Å²) in [4.78, 5) is 29.6. The van der Waals surface area contributed by atoms with Gasteiger partial charge in [0.2, 0.25) is 0 Å². The summed E-state index contributed by atoms with van der Waals surface area (Å²) in [5.74, 6) is -0.354. The first-order valence-corrected chi connectivity index (χ1v) is 8.35. The average molecular weight is 367 g/mol. The molecule has 3 aromatic rings. The Balaban J connectivity index is 1.62. The van der Waals surface area contributed by atoms with Crippen molar-refractivity contribution in [1.82, 2.24) is 24.8 Å². The van der Waals surface area contributed by atoms with Gasteiger partial charge in [-0.15, -0.1) is 0 Å².